The Morgan fingerprint density at radius 3 is 2.65 bits per heavy atom. The summed E-state index contributed by atoms with van der Waals surface area (Å²) in [6.45, 7) is 1.07. The zero-order valence-corrected chi connectivity index (χ0v) is 18.8. The fourth-order valence-corrected chi connectivity index (χ4v) is 4.58. The fourth-order valence-electron chi connectivity index (χ4n) is 4.58. The van der Waals surface area contributed by atoms with Gasteiger partial charge in [-0.05, 0) is 30.5 Å². The second-order valence-electron chi connectivity index (χ2n) is 8.81. The van der Waals surface area contributed by atoms with Crippen LogP contribution in [-0.4, -0.2) is 47.2 Å². The normalized spacial score (nSPS) is 25.4. The SMILES string of the molecule is O=C(NC1CC[C@H](C(=O)NCc2ccccc2)NC1)C1=CC2C(c3ccncc3)=NNC2C=C1. The van der Waals surface area contributed by atoms with E-state index in [9.17, 15) is 9.59 Å². The number of carbonyl (C=O) groups excluding carboxylic acids is 2. The number of fused-ring (bicyclic) bond motifs is 1. The molecule has 8 heteroatoms. The Balaban J connectivity index is 1.13. The fraction of sp³-hybridized carbons (Fsp3) is 0.308. The highest BCUT2D eigenvalue weighted by atomic mass is 16.2. The van der Waals surface area contributed by atoms with Crippen molar-refractivity contribution in [3.63, 3.8) is 0 Å². The van der Waals surface area contributed by atoms with Crippen molar-refractivity contribution in [2.45, 2.75) is 37.5 Å². The highest BCUT2D eigenvalue weighted by Crippen LogP contribution is 2.26. The maximum Gasteiger partial charge on any atom is 0.251 e. The lowest BCUT2D eigenvalue weighted by Crippen LogP contribution is -2.54. The quantitative estimate of drug-likeness (QED) is 0.526. The van der Waals surface area contributed by atoms with Crippen LogP contribution in [0.2, 0.25) is 0 Å². The number of aromatic nitrogens is 1. The predicted octanol–water partition coefficient (Wildman–Crippen LogP) is 1.42. The van der Waals surface area contributed by atoms with Crippen molar-refractivity contribution in [3.8, 4) is 0 Å². The molecule has 4 atom stereocenters. The summed E-state index contributed by atoms with van der Waals surface area (Å²) in [5.74, 6) is -0.112. The van der Waals surface area contributed by atoms with Gasteiger partial charge in [0, 0.05) is 48.6 Å². The van der Waals surface area contributed by atoms with E-state index in [-0.39, 0.29) is 35.9 Å². The van der Waals surface area contributed by atoms with Crippen LogP contribution in [0.5, 0.6) is 0 Å². The third-order valence-electron chi connectivity index (χ3n) is 6.49. The van der Waals surface area contributed by atoms with E-state index >= 15 is 0 Å². The molecule has 0 saturated carbocycles. The summed E-state index contributed by atoms with van der Waals surface area (Å²) in [6.07, 6.45) is 10.7. The van der Waals surface area contributed by atoms with Crippen molar-refractivity contribution in [2.24, 2.45) is 11.0 Å². The van der Waals surface area contributed by atoms with Gasteiger partial charge in [0.1, 0.15) is 0 Å². The molecule has 0 bridgehead atoms. The number of hydrogen-bond acceptors (Lipinski definition) is 6. The molecule has 1 fully saturated rings. The Morgan fingerprint density at radius 1 is 1.06 bits per heavy atom. The Kier molecular flexibility index (Phi) is 6.49. The van der Waals surface area contributed by atoms with Crippen LogP contribution in [0.1, 0.15) is 24.0 Å². The number of carbonyl (C=O) groups is 2. The number of rotatable bonds is 6. The van der Waals surface area contributed by atoms with Gasteiger partial charge in [-0.2, -0.15) is 5.10 Å². The molecule has 0 spiro atoms. The summed E-state index contributed by atoms with van der Waals surface area (Å²) in [6, 6.07) is 13.5. The molecular weight excluding hydrogens is 428 g/mol. The van der Waals surface area contributed by atoms with Crippen molar-refractivity contribution in [1.82, 2.24) is 26.4 Å². The largest absolute Gasteiger partial charge is 0.351 e. The highest BCUT2D eigenvalue weighted by Gasteiger charge is 2.33. The minimum atomic E-state index is -0.241. The van der Waals surface area contributed by atoms with Gasteiger partial charge in [-0.15, -0.1) is 0 Å². The maximum atomic E-state index is 13.0. The summed E-state index contributed by atoms with van der Waals surface area (Å²) >= 11 is 0. The lowest BCUT2D eigenvalue weighted by atomic mass is 9.86. The van der Waals surface area contributed by atoms with Gasteiger partial charge in [-0.25, -0.2) is 0 Å². The van der Waals surface area contributed by atoms with Crippen molar-refractivity contribution < 1.29 is 9.59 Å². The molecule has 2 aliphatic heterocycles. The van der Waals surface area contributed by atoms with Crippen LogP contribution in [0.4, 0.5) is 0 Å². The van der Waals surface area contributed by atoms with E-state index in [4.69, 9.17) is 0 Å². The number of pyridine rings is 1. The lowest BCUT2D eigenvalue weighted by molar-refractivity contribution is -0.124. The van der Waals surface area contributed by atoms with Gasteiger partial charge in [-0.1, -0.05) is 48.6 Å². The summed E-state index contributed by atoms with van der Waals surface area (Å²) in [4.78, 5) is 29.5. The van der Waals surface area contributed by atoms with Crippen LogP contribution in [0.25, 0.3) is 0 Å². The van der Waals surface area contributed by atoms with E-state index < -0.39 is 0 Å². The van der Waals surface area contributed by atoms with E-state index in [0.29, 0.717) is 25.1 Å². The number of amides is 2. The lowest BCUT2D eigenvalue weighted by Gasteiger charge is -2.30. The Bertz CT molecular complexity index is 1120. The van der Waals surface area contributed by atoms with Gasteiger partial charge in [-0.3, -0.25) is 14.6 Å². The molecule has 8 nitrogen and oxygen atoms in total. The van der Waals surface area contributed by atoms with Crippen molar-refractivity contribution >= 4 is 17.5 Å². The molecule has 5 rings (SSSR count). The molecule has 34 heavy (non-hydrogen) atoms. The minimum Gasteiger partial charge on any atom is -0.351 e. The van der Waals surface area contributed by atoms with Crippen molar-refractivity contribution in [3.05, 3.63) is 89.8 Å². The zero-order valence-electron chi connectivity index (χ0n) is 18.8. The first-order valence-corrected chi connectivity index (χ1v) is 11.7. The van der Waals surface area contributed by atoms with Gasteiger partial charge in [0.25, 0.3) is 5.91 Å². The maximum absolute atomic E-state index is 13.0. The Labute approximate surface area is 198 Å². The van der Waals surface area contributed by atoms with Crippen LogP contribution >= 0.6 is 0 Å². The summed E-state index contributed by atoms with van der Waals surface area (Å²) < 4.78 is 0. The Morgan fingerprint density at radius 2 is 1.88 bits per heavy atom. The van der Waals surface area contributed by atoms with Crippen LogP contribution in [0.3, 0.4) is 0 Å². The molecule has 3 aliphatic rings. The molecule has 1 saturated heterocycles. The molecule has 3 unspecified atom stereocenters. The van der Waals surface area contributed by atoms with Gasteiger partial charge in [0.15, 0.2) is 0 Å². The zero-order chi connectivity index (χ0) is 23.3. The van der Waals surface area contributed by atoms with Gasteiger partial charge < -0.3 is 21.4 Å². The first-order valence-electron chi connectivity index (χ1n) is 11.7. The molecule has 4 N–H and O–H groups in total. The van der Waals surface area contributed by atoms with E-state index in [1.54, 1.807) is 12.4 Å². The molecule has 2 aromatic rings. The number of nitrogens with zero attached hydrogens (tertiary/aromatic N) is 2. The number of hydrazone groups is 1. The summed E-state index contributed by atoms with van der Waals surface area (Å²) in [7, 11) is 0. The molecule has 3 heterocycles. The smallest absolute Gasteiger partial charge is 0.251 e. The molecule has 0 radical (unpaired) electrons. The first kappa shape index (κ1) is 22.0. The average Bonchev–Trinajstić information content (AvgIpc) is 3.32. The first-order chi connectivity index (χ1) is 16.7. The van der Waals surface area contributed by atoms with E-state index in [2.05, 4.69) is 31.5 Å². The van der Waals surface area contributed by atoms with E-state index in [1.165, 1.54) is 0 Å². The monoisotopic (exact) mass is 456 g/mol. The molecular formula is C26H28N6O2. The Hall–Kier alpha value is -3.78. The summed E-state index contributed by atoms with van der Waals surface area (Å²) in [5.41, 5.74) is 6.75. The highest BCUT2D eigenvalue weighted by molar-refractivity contribution is 6.06. The topological polar surface area (TPSA) is 108 Å². The second-order valence-corrected chi connectivity index (χ2v) is 8.81. The van der Waals surface area contributed by atoms with Gasteiger partial charge in [0.2, 0.25) is 5.91 Å². The van der Waals surface area contributed by atoms with Crippen LogP contribution < -0.4 is 21.4 Å². The van der Waals surface area contributed by atoms with Gasteiger partial charge >= 0.3 is 0 Å². The molecule has 2 amide bonds. The molecule has 1 aromatic heterocycles. The van der Waals surface area contributed by atoms with E-state index in [0.717, 1.165) is 23.3 Å². The predicted molar refractivity (Wildman–Crippen MR) is 130 cm³/mol. The number of benzene rings is 1. The molecule has 1 aromatic carbocycles. The molecule has 1 aliphatic carbocycles. The second kappa shape index (κ2) is 10.0. The number of nitrogens with one attached hydrogen (secondary N) is 4. The van der Waals surface area contributed by atoms with Crippen LogP contribution in [0.15, 0.2) is 83.8 Å². The minimum absolute atomic E-state index is 0.00433. The van der Waals surface area contributed by atoms with Gasteiger partial charge in [0.05, 0.1) is 17.8 Å². The van der Waals surface area contributed by atoms with Crippen molar-refractivity contribution in [2.75, 3.05) is 6.54 Å². The van der Waals surface area contributed by atoms with Crippen LogP contribution in [0, 0.1) is 5.92 Å². The number of piperidine rings is 1. The van der Waals surface area contributed by atoms with E-state index in [1.807, 2.05) is 60.7 Å². The van der Waals surface area contributed by atoms with Crippen molar-refractivity contribution in [1.29, 1.82) is 0 Å². The summed E-state index contributed by atoms with van der Waals surface area (Å²) in [5, 5.41) is 13.9. The standard InChI is InChI=1S/C26H28N6O2/c33-25(19-6-8-22-21(14-19)24(32-31-22)18-10-12-27-13-11-18)30-20-7-9-23(28-16-20)26(34)29-15-17-4-2-1-3-5-17/h1-6,8,10-14,20-23,28,31H,7,9,15-16H2,(H,29,34)(H,30,33)/t20?,21?,22?,23-/m1/s1. The third kappa shape index (κ3) is 4.92. The average molecular weight is 457 g/mol. The molecule has 174 valence electrons. The van der Waals surface area contributed by atoms with Crippen LogP contribution in [-0.2, 0) is 16.1 Å². The third-order valence-corrected chi connectivity index (χ3v) is 6.49. The number of hydrogen-bond donors (Lipinski definition) is 4.